The maximum Gasteiger partial charge on any atom is 0.347 e. The van der Waals surface area contributed by atoms with E-state index in [4.69, 9.17) is 44.8 Å². The van der Waals surface area contributed by atoms with Crippen LogP contribution in [0.15, 0.2) is 54.6 Å². The number of nitrogens with zero attached hydrogens (tertiary/aromatic N) is 1. The lowest BCUT2D eigenvalue weighted by molar-refractivity contribution is -0.179. The Morgan fingerprint density at radius 1 is 0.957 bits per heavy atom. The monoisotopic (exact) mass is 1020 g/mol. The molecule has 0 radical (unpaired) electrons. The molecule has 3 amide bonds. The van der Waals surface area contributed by atoms with Crippen LogP contribution in [0.1, 0.15) is 96.9 Å². The zero-order chi connectivity index (χ0) is 51.4. The number of ether oxygens (including phenoxy) is 7. The number of likely N-dealkylation sites (N-methyl/N-ethyl adjacent to an activating group) is 1. The third-order valence-electron chi connectivity index (χ3n) is 11.9. The Kier molecular flexibility index (Phi) is 23.9. The average molecular weight is 1020 g/mol. The van der Waals surface area contributed by atoms with Crippen LogP contribution in [0.2, 0.25) is 5.02 Å². The van der Waals surface area contributed by atoms with Crippen LogP contribution in [-0.2, 0) is 65.4 Å². The molecular weight excluding hydrogens is 940 g/mol. The minimum absolute atomic E-state index is 0.000458. The first-order valence-corrected chi connectivity index (χ1v) is 25.1. The summed E-state index contributed by atoms with van der Waals surface area (Å²) < 4.78 is 40.2. The summed E-state index contributed by atoms with van der Waals surface area (Å²) in [4.78, 5) is 68.6. The Bertz CT molecular complexity index is 2030. The lowest BCUT2D eigenvalue weighted by Gasteiger charge is -2.29. The highest BCUT2D eigenvalue weighted by atomic mass is 35.5. The molecule has 0 unspecified atom stereocenters. The largest absolute Gasteiger partial charge is 0.495 e. The van der Waals surface area contributed by atoms with E-state index in [0.29, 0.717) is 75.4 Å². The Morgan fingerprint density at radius 2 is 1.61 bits per heavy atom. The van der Waals surface area contributed by atoms with Gasteiger partial charge >= 0.3 is 11.9 Å². The number of epoxide rings is 1. The van der Waals surface area contributed by atoms with Crippen molar-refractivity contribution in [2.45, 2.75) is 122 Å². The number of thiol groups is 1. The third kappa shape index (κ3) is 20.9. The van der Waals surface area contributed by atoms with Crippen molar-refractivity contribution < 1.29 is 57.1 Å². The molecule has 2 aliphatic heterocycles. The molecule has 390 valence electrons. The molecule has 2 aromatic rings. The third-order valence-corrected chi connectivity index (χ3v) is 12.5. The Hall–Kier alpha value is -4.23. The summed E-state index contributed by atoms with van der Waals surface area (Å²) in [5, 5.41) is 8.79. The van der Waals surface area contributed by atoms with E-state index in [0.717, 1.165) is 24.2 Å². The van der Waals surface area contributed by atoms with Gasteiger partial charge in [0.25, 0.3) is 0 Å². The SMILES string of the molecule is COc1ccc(C[C@H]2NC(=O)/C=C/C[C@@H]([C@H](C)[C@H]3O[C@@H]3c3ccc(CN(C)CCOCCOCCOCCNC(=O)CCC(C)(C)S)cc3)OC(=O)[C@H](CC(C)C)OC(=O)C(C)(C)CNC2=O)cc1Cl. The van der Waals surface area contributed by atoms with Gasteiger partial charge in [-0.05, 0) is 74.6 Å². The number of benzene rings is 2. The highest BCUT2D eigenvalue weighted by Gasteiger charge is 2.48. The number of carbonyl (C=O) groups is 5. The molecule has 2 aliphatic rings. The molecule has 1 fully saturated rings. The van der Waals surface area contributed by atoms with Crippen LogP contribution in [0.4, 0.5) is 0 Å². The molecule has 16 nitrogen and oxygen atoms in total. The van der Waals surface area contributed by atoms with E-state index in [1.165, 1.54) is 13.2 Å². The molecule has 3 N–H and O–H groups in total. The van der Waals surface area contributed by atoms with E-state index in [1.807, 2.05) is 53.8 Å². The zero-order valence-electron chi connectivity index (χ0n) is 42.5. The molecule has 0 aromatic heterocycles. The fourth-order valence-corrected chi connectivity index (χ4v) is 7.95. The van der Waals surface area contributed by atoms with E-state index in [1.54, 1.807) is 38.1 Å². The van der Waals surface area contributed by atoms with Crippen LogP contribution in [0.5, 0.6) is 5.75 Å². The van der Waals surface area contributed by atoms with Crippen LogP contribution in [-0.4, -0.2) is 137 Å². The first kappa shape index (κ1) is 58.3. The average Bonchev–Trinajstić information content (AvgIpc) is 4.10. The summed E-state index contributed by atoms with van der Waals surface area (Å²) in [6, 6.07) is 12.3. The number of hydrogen-bond donors (Lipinski definition) is 4. The van der Waals surface area contributed by atoms with Gasteiger partial charge in [0, 0.05) is 56.1 Å². The predicted octanol–water partition coefficient (Wildman–Crippen LogP) is 6.21. The van der Waals surface area contributed by atoms with Crippen molar-refractivity contribution in [3.63, 3.8) is 0 Å². The van der Waals surface area contributed by atoms with Crippen molar-refractivity contribution in [1.29, 1.82) is 0 Å². The van der Waals surface area contributed by atoms with Gasteiger partial charge in [-0.2, -0.15) is 12.6 Å². The summed E-state index contributed by atoms with van der Waals surface area (Å²) in [6.07, 6.45) is 2.13. The number of esters is 2. The fourth-order valence-electron chi connectivity index (χ4n) is 7.56. The first-order valence-electron chi connectivity index (χ1n) is 24.3. The van der Waals surface area contributed by atoms with Gasteiger partial charge in [0.05, 0.1) is 63.3 Å². The van der Waals surface area contributed by atoms with Crippen LogP contribution in [0.3, 0.4) is 0 Å². The number of halogens is 1. The van der Waals surface area contributed by atoms with Gasteiger partial charge < -0.3 is 49.1 Å². The van der Waals surface area contributed by atoms with Gasteiger partial charge in [-0.25, -0.2) is 4.79 Å². The second-order valence-electron chi connectivity index (χ2n) is 19.8. The van der Waals surface area contributed by atoms with Gasteiger partial charge in [0.2, 0.25) is 17.7 Å². The molecule has 0 bridgehead atoms. The minimum Gasteiger partial charge on any atom is -0.495 e. The molecule has 1 saturated heterocycles. The van der Waals surface area contributed by atoms with Gasteiger partial charge in [-0.1, -0.05) is 82.6 Å². The van der Waals surface area contributed by atoms with E-state index in [-0.39, 0.29) is 60.5 Å². The molecular formula is C52H77ClN4O12S. The van der Waals surface area contributed by atoms with Crippen molar-refractivity contribution in [2.75, 3.05) is 73.4 Å². The van der Waals surface area contributed by atoms with Crippen molar-refractivity contribution in [1.82, 2.24) is 20.9 Å². The molecule has 0 spiro atoms. The number of rotatable bonds is 25. The summed E-state index contributed by atoms with van der Waals surface area (Å²) in [6.45, 7) is 17.6. The molecule has 0 aliphatic carbocycles. The van der Waals surface area contributed by atoms with Crippen LogP contribution in [0, 0.1) is 17.3 Å². The zero-order valence-corrected chi connectivity index (χ0v) is 44.2. The van der Waals surface area contributed by atoms with Crippen molar-refractivity contribution in [3.8, 4) is 5.75 Å². The Balaban J connectivity index is 1.28. The topological polar surface area (TPSA) is 193 Å². The van der Waals surface area contributed by atoms with E-state index in [2.05, 4.69) is 45.6 Å². The molecule has 2 aromatic carbocycles. The summed E-state index contributed by atoms with van der Waals surface area (Å²) >= 11 is 10.8. The highest BCUT2D eigenvalue weighted by Crippen LogP contribution is 2.45. The summed E-state index contributed by atoms with van der Waals surface area (Å²) in [5.74, 6) is -2.25. The molecule has 6 atom stereocenters. The molecule has 4 rings (SSSR count). The molecule has 18 heteroatoms. The molecule has 0 saturated carbocycles. The van der Waals surface area contributed by atoms with Gasteiger partial charge in [0.1, 0.15) is 24.0 Å². The number of cyclic esters (lactones) is 2. The Morgan fingerprint density at radius 3 is 2.26 bits per heavy atom. The van der Waals surface area contributed by atoms with Gasteiger partial charge in [0.15, 0.2) is 6.10 Å². The summed E-state index contributed by atoms with van der Waals surface area (Å²) in [7, 11) is 3.54. The number of nitrogens with one attached hydrogen (secondary N) is 3. The Labute approximate surface area is 425 Å². The van der Waals surface area contributed by atoms with Crippen molar-refractivity contribution in [3.05, 3.63) is 76.3 Å². The van der Waals surface area contributed by atoms with Gasteiger partial charge in [-0.15, -0.1) is 0 Å². The molecule has 70 heavy (non-hydrogen) atoms. The van der Waals surface area contributed by atoms with Crippen molar-refractivity contribution in [2.24, 2.45) is 17.3 Å². The fraction of sp³-hybridized carbons (Fsp3) is 0.635. The van der Waals surface area contributed by atoms with Crippen molar-refractivity contribution >= 4 is 53.9 Å². The lowest BCUT2D eigenvalue weighted by Crippen LogP contribution is -2.51. The number of amides is 3. The number of carbonyl (C=O) groups excluding carboxylic acids is 5. The van der Waals surface area contributed by atoms with Crippen LogP contribution in [0.25, 0.3) is 0 Å². The maximum atomic E-state index is 13.9. The highest BCUT2D eigenvalue weighted by molar-refractivity contribution is 7.81. The van der Waals surface area contributed by atoms with E-state index in [9.17, 15) is 24.0 Å². The van der Waals surface area contributed by atoms with E-state index < -0.39 is 47.4 Å². The van der Waals surface area contributed by atoms with Crippen LogP contribution >= 0.6 is 24.2 Å². The second-order valence-corrected chi connectivity index (χ2v) is 21.4. The lowest BCUT2D eigenvalue weighted by atomic mass is 9.92. The first-order chi connectivity index (χ1) is 33.1. The summed E-state index contributed by atoms with van der Waals surface area (Å²) in [5.41, 5.74) is 1.56. The minimum atomic E-state index is -1.23. The smallest absolute Gasteiger partial charge is 0.347 e. The number of hydrogen-bond acceptors (Lipinski definition) is 14. The predicted molar refractivity (Wildman–Crippen MR) is 271 cm³/mol. The number of methoxy groups -OCH3 is 1. The van der Waals surface area contributed by atoms with E-state index >= 15 is 0 Å². The normalized spacial score (nSPS) is 22.2. The quantitative estimate of drug-likeness (QED) is 0.0380. The van der Waals surface area contributed by atoms with Crippen LogP contribution < -0.4 is 20.7 Å². The molecule has 2 heterocycles. The standard InChI is InChI=1S/C52H77ClN4O12S/c1-34(2)29-43-49(61)67-41(11-10-12-45(59)56-40(31-37-15-18-42(63-9)39(53)30-37)48(60)55-33-51(4,5)50(62)68-43)35(3)46-47(69-46)38-16-13-36(14-17-38)32-57(8)22-24-65-26-28-66-27-25-64-23-21-54-44(58)19-20-52(6,7)70/h10,12-18,30,34-35,40-41,43,46-47,70H,11,19-29,31-33H2,1-9H3,(H,54,58)(H,55,60)(H,56,59)/b12-10+/t35-,40+,41-,43-,46+,47+/m0/s1. The van der Waals surface area contributed by atoms with Gasteiger partial charge in [-0.3, -0.25) is 24.1 Å². The second kappa shape index (κ2) is 28.7. The maximum absolute atomic E-state index is 13.9.